The van der Waals surface area contributed by atoms with Crippen LogP contribution in [0.4, 0.5) is 0 Å². The van der Waals surface area contributed by atoms with Gasteiger partial charge >= 0.3 is 0 Å². The van der Waals surface area contributed by atoms with Crippen molar-refractivity contribution in [2.75, 3.05) is 46.1 Å². The molecule has 1 saturated heterocycles. The molecule has 0 aliphatic carbocycles. The molecule has 0 spiro atoms. The Morgan fingerprint density at radius 3 is 1.67 bits per heavy atom. The Hall–Kier alpha value is -0.240. The van der Waals surface area contributed by atoms with Gasteiger partial charge in [-0.05, 0) is 6.92 Å². The molecule has 1 heterocycles. The van der Waals surface area contributed by atoms with E-state index in [2.05, 4.69) is 12.2 Å². The zero-order valence-electron chi connectivity index (χ0n) is 9.35. The first kappa shape index (κ1) is 17.2. The van der Waals surface area contributed by atoms with E-state index in [0.29, 0.717) is 25.7 Å². The Balaban J connectivity index is 0. The lowest BCUT2D eigenvalue weighted by Crippen LogP contribution is -2.21. The smallest absolute Gasteiger partial charge is 0.0781 e. The summed E-state index contributed by atoms with van der Waals surface area (Å²) in [7, 11) is 0. The molecule has 1 unspecified atom stereocenters. The SMILES string of the molecule is CC1CO1.NCCO.OCCNCCO. The number of aliphatic hydroxyl groups is 3. The number of nitrogens with one attached hydrogen (secondary N) is 1. The summed E-state index contributed by atoms with van der Waals surface area (Å²) >= 11 is 0. The fourth-order valence-corrected chi connectivity index (χ4v) is 0.379. The number of hydrogen-bond acceptors (Lipinski definition) is 6. The van der Waals surface area contributed by atoms with E-state index >= 15 is 0 Å². The number of rotatable bonds is 5. The highest BCUT2D eigenvalue weighted by Crippen LogP contribution is 2.04. The third kappa shape index (κ3) is 31.6. The Morgan fingerprint density at radius 1 is 1.20 bits per heavy atom. The highest BCUT2D eigenvalue weighted by molar-refractivity contribution is 4.58. The maximum atomic E-state index is 8.15. The first-order valence-electron chi connectivity index (χ1n) is 5.07. The van der Waals surface area contributed by atoms with Crippen LogP contribution in [0, 0.1) is 0 Å². The second kappa shape index (κ2) is 16.2. The lowest BCUT2D eigenvalue weighted by molar-refractivity contribution is 0.266. The molecule has 1 aliphatic heterocycles. The molecule has 1 aliphatic rings. The van der Waals surface area contributed by atoms with E-state index in [9.17, 15) is 0 Å². The largest absolute Gasteiger partial charge is 0.395 e. The minimum absolute atomic E-state index is 0.0972. The normalized spacial score (nSPS) is 17.0. The molecule has 6 N–H and O–H groups in total. The molecule has 0 bridgehead atoms. The standard InChI is InChI=1S/C4H11NO2.C3H6O.C2H7NO/c6-3-1-5-2-4-7;1-3-2-4-3;3-1-2-4/h5-7H,1-4H2;3H,2H2,1H3;4H,1-3H2. The topological polar surface area (TPSA) is 111 Å². The van der Waals surface area contributed by atoms with Gasteiger partial charge in [-0.3, -0.25) is 0 Å². The van der Waals surface area contributed by atoms with Crippen LogP contribution in [0.1, 0.15) is 6.92 Å². The predicted molar refractivity (Wildman–Crippen MR) is 58.6 cm³/mol. The Labute approximate surface area is 91.1 Å². The van der Waals surface area contributed by atoms with Gasteiger partial charge in [0.1, 0.15) is 0 Å². The van der Waals surface area contributed by atoms with Crippen LogP contribution in [0.15, 0.2) is 0 Å². The van der Waals surface area contributed by atoms with Crippen molar-refractivity contribution in [1.82, 2.24) is 5.32 Å². The second-order valence-electron chi connectivity index (χ2n) is 2.85. The number of epoxide rings is 1. The van der Waals surface area contributed by atoms with Gasteiger partial charge in [0.05, 0.1) is 32.5 Å². The number of hydrogen-bond donors (Lipinski definition) is 5. The lowest BCUT2D eigenvalue weighted by atomic mass is 10.6. The molecule has 0 aromatic rings. The molecule has 0 radical (unpaired) electrons. The molecule has 0 aromatic heterocycles. The first-order valence-corrected chi connectivity index (χ1v) is 5.07. The summed E-state index contributed by atoms with van der Waals surface area (Å²) in [6.07, 6.45) is 0.583. The molecule has 1 atom stereocenters. The summed E-state index contributed by atoms with van der Waals surface area (Å²) in [4.78, 5) is 0. The maximum absolute atomic E-state index is 8.15. The molecule has 0 aromatic carbocycles. The van der Waals surface area contributed by atoms with Crippen LogP contribution in [-0.4, -0.2) is 67.5 Å². The molecule has 1 fully saturated rings. The van der Waals surface area contributed by atoms with E-state index in [1.54, 1.807) is 0 Å². The summed E-state index contributed by atoms with van der Waals surface area (Å²) in [6.45, 7) is 4.93. The molecule has 15 heavy (non-hydrogen) atoms. The van der Waals surface area contributed by atoms with E-state index in [0.717, 1.165) is 6.61 Å². The summed E-state index contributed by atoms with van der Waals surface area (Å²) in [5.74, 6) is 0. The molecular formula is C9H24N2O4. The lowest BCUT2D eigenvalue weighted by Gasteiger charge is -1.94. The van der Waals surface area contributed by atoms with Gasteiger partial charge in [-0.1, -0.05) is 0 Å². The monoisotopic (exact) mass is 224 g/mol. The van der Waals surface area contributed by atoms with Crippen molar-refractivity contribution in [3.63, 3.8) is 0 Å². The van der Waals surface area contributed by atoms with Gasteiger partial charge in [0.2, 0.25) is 0 Å². The third-order valence-corrected chi connectivity index (χ3v) is 1.21. The Bertz CT molecular complexity index is 96.1. The van der Waals surface area contributed by atoms with E-state index < -0.39 is 0 Å². The highest BCUT2D eigenvalue weighted by Gasteiger charge is 2.13. The second-order valence-corrected chi connectivity index (χ2v) is 2.85. The van der Waals surface area contributed by atoms with Crippen molar-refractivity contribution in [2.24, 2.45) is 5.73 Å². The van der Waals surface area contributed by atoms with Gasteiger partial charge in [-0.25, -0.2) is 0 Å². The molecule has 0 amide bonds. The van der Waals surface area contributed by atoms with Gasteiger partial charge in [-0.15, -0.1) is 0 Å². The van der Waals surface area contributed by atoms with Crippen LogP contribution < -0.4 is 11.1 Å². The fourth-order valence-electron chi connectivity index (χ4n) is 0.379. The van der Waals surface area contributed by atoms with Crippen LogP contribution in [0.25, 0.3) is 0 Å². The fraction of sp³-hybridized carbons (Fsp3) is 1.00. The van der Waals surface area contributed by atoms with Gasteiger partial charge in [-0.2, -0.15) is 0 Å². The van der Waals surface area contributed by atoms with E-state index in [-0.39, 0.29) is 19.8 Å². The zero-order valence-corrected chi connectivity index (χ0v) is 9.35. The summed E-state index contributed by atoms with van der Waals surface area (Å²) in [5.41, 5.74) is 4.78. The summed E-state index contributed by atoms with van der Waals surface area (Å²) in [5, 5.41) is 26.8. The first-order chi connectivity index (χ1) is 7.22. The Kier molecular flexibility index (Phi) is 18.5. The quantitative estimate of drug-likeness (QED) is 0.270. The third-order valence-electron chi connectivity index (χ3n) is 1.21. The van der Waals surface area contributed by atoms with Crippen molar-refractivity contribution < 1.29 is 20.1 Å². The molecule has 94 valence electrons. The Morgan fingerprint density at radius 2 is 1.53 bits per heavy atom. The van der Waals surface area contributed by atoms with Gasteiger partial charge in [0.25, 0.3) is 0 Å². The van der Waals surface area contributed by atoms with E-state index in [1.807, 2.05) is 0 Å². The van der Waals surface area contributed by atoms with Crippen LogP contribution in [-0.2, 0) is 4.74 Å². The molecule has 1 rings (SSSR count). The predicted octanol–water partition coefficient (Wildman–Crippen LogP) is -2.10. The molecule has 6 nitrogen and oxygen atoms in total. The van der Waals surface area contributed by atoms with Crippen molar-refractivity contribution in [3.8, 4) is 0 Å². The van der Waals surface area contributed by atoms with Crippen molar-refractivity contribution in [2.45, 2.75) is 13.0 Å². The van der Waals surface area contributed by atoms with Gasteiger partial charge in [0, 0.05) is 19.6 Å². The van der Waals surface area contributed by atoms with Crippen LogP contribution in [0.2, 0.25) is 0 Å². The number of nitrogens with two attached hydrogens (primary N) is 1. The number of ether oxygens (including phenoxy) is 1. The average molecular weight is 224 g/mol. The maximum Gasteiger partial charge on any atom is 0.0781 e. The summed E-state index contributed by atoms with van der Waals surface area (Å²) < 4.78 is 4.71. The molecule has 0 saturated carbocycles. The van der Waals surface area contributed by atoms with Crippen molar-refractivity contribution >= 4 is 0 Å². The number of aliphatic hydroxyl groups excluding tert-OH is 3. The summed E-state index contributed by atoms with van der Waals surface area (Å²) in [6, 6.07) is 0. The average Bonchev–Trinajstić information content (AvgIpc) is 3.03. The minimum atomic E-state index is 0.0972. The van der Waals surface area contributed by atoms with E-state index in [1.165, 1.54) is 0 Å². The molecular weight excluding hydrogens is 200 g/mol. The van der Waals surface area contributed by atoms with Crippen molar-refractivity contribution in [3.05, 3.63) is 0 Å². The molecule has 6 heteroatoms. The van der Waals surface area contributed by atoms with Gasteiger partial charge in [0.15, 0.2) is 0 Å². The van der Waals surface area contributed by atoms with Crippen molar-refractivity contribution in [1.29, 1.82) is 0 Å². The van der Waals surface area contributed by atoms with E-state index in [4.69, 9.17) is 25.8 Å². The van der Waals surface area contributed by atoms with Gasteiger partial charge < -0.3 is 31.1 Å². The van der Waals surface area contributed by atoms with Crippen LogP contribution in [0.5, 0.6) is 0 Å². The highest BCUT2D eigenvalue weighted by atomic mass is 16.6. The zero-order chi connectivity index (χ0) is 11.9. The minimum Gasteiger partial charge on any atom is -0.395 e. The van der Waals surface area contributed by atoms with Crippen LogP contribution >= 0.6 is 0 Å². The van der Waals surface area contributed by atoms with Crippen LogP contribution in [0.3, 0.4) is 0 Å².